The number of carbonyl (C=O) groups is 2. The Labute approximate surface area is 160 Å². The lowest BCUT2D eigenvalue weighted by Gasteiger charge is -2.35. The summed E-state index contributed by atoms with van der Waals surface area (Å²) in [6, 6.07) is 1.82. The number of ether oxygens (including phenoxy) is 1. The predicted octanol–water partition coefficient (Wildman–Crippen LogP) is 1.06. The zero-order valence-corrected chi connectivity index (χ0v) is 16.1. The molecule has 1 aromatic rings. The second kappa shape index (κ2) is 11.7. The van der Waals surface area contributed by atoms with Gasteiger partial charge in [0.2, 0.25) is 0 Å². The summed E-state index contributed by atoms with van der Waals surface area (Å²) in [4.78, 5) is 25.5. The standard InChI is InChI=1S/C18H29N3O3.CH2O2/c1-15-4-10-24-17(15)18(22)19-13-16-3-2-5-21(14-16)7-6-20-8-11-23-12-9-20;2-1-3/h4,10,16H,2-3,5-9,11-14H2,1H3,(H,19,22);1H,(H,2,3). The minimum atomic E-state index is -0.250. The summed E-state index contributed by atoms with van der Waals surface area (Å²) in [6.45, 7) is 10.7. The number of aryl methyl sites for hydroxylation is 1. The number of nitrogens with one attached hydrogen (secondary N) is 1. The third-order valence-corrected chi connectivity index (χ3v) is 5.06. The minimum absolute atomic E-state index is 0.0945. The SMILES string of the molecule is Cc1ccoc1C(=O)NCC1CCCN(CCN2CCOCC2)C1.O=CO. The van der Waals surface area contributed by atoms with Crippen molar-refractivity contribution >= 4 is 12.4 Å². The van der Waals surface area contributed by atoms with Crippen LogP contribution in [0.1, 0.15) is 29.0 Å². The fourth-order valence-corrected chi connectivity index (χ4v) is 3.55. The van der Waals surface area contributed by atoms with Crippen molar-refractivity contribution in [1.29, 1.82) is 0 Å². The van der Waals surface area contributed by atoms with Crippen molar-refractivity contribution in [3.8, 4) is 0 Å². The number of carbonyl (C=O) groups excluding carboxylic acids is 1. The molecular weight excluding hydrogens is 350 g/mol. The second-order valence-corrected chi connectivity index (χ2v) is 7.01. The van der Waals surface area contributed by atoms with Crippen molar-refractivity contribution in [2.45, 2.75) is 19.8 Å². The van der Waals surface area contributed by atoms with Crippen molar-refractivity contribution in [1.82, 2.24) is 15.1 Å². The largest absolute Gasteiger partial charge is 0.483 e. The first-order valence-corrected chi connectivity index (χ1v) is 9.56. The molecule has 2 N–H and O–H groups in total. The number of furan rings is 1. The van der Waals surface area contributed by atoms with Crippen molar-refractivity contribution in [2.24, 2.45) is 5.92 Å². The summed E-state index contributed by atoms with van der Waals surface area (Å²) >= 11 is 0. The Morgan fingerprint density at radius 3 is 2.67 bits per heavy atom. The topological polar surface area (TPSA) is 95.3 Å². The predicted molar refractivity (Wildman–Crippen MR) is 101 cm³/mol. The van der Waals surface area contributed by atoms with Crippen molar-refractivity contribution in [3.63, 3.8) is 0 Å². The second-order valence-electron chi connectivity index (χ2n) is 7.01. The van der Waals surface area contributed by atoms with Crippen LogP contribution in [0.15, 0.2) is 16.7 Å². The molecule has 3 heterocycles. The molecule has 1 unspecified atom stereocenters. The fraction of sp³-hybridized carbons (Fsp3) is 0.684. The number of rotatable bonds is 6. The maximum Gasteiger partial charge on any atom is 0.290 e. The van der Waals surface area contributed by atoms with E-state index < -0.39 is 0 Å². The summed E-state index contributed by atoms with van der Waals surface area (Å²) in [5.41, 5.74) is 0.892. The van der Waals surface area contributed by atoms with Gasteiger partial charge in [-0.2, -0.15) is 0 Å². The summed E-state index contributed by atoms with van der Waals surface area (Å²) < 4.78 is 10.7. The minimum Gasteiger partial charge on any atom is -0.483 e. The normalized spacial score (nSPS) is 21.1. The average molecular weight is 381 g/mol. The van der Waals surface area contributed by atoms with Crippen LogP contribution in [0.2, 0.25) is 0 Å². The first kappa shape index (κ1) is 21.4. The number of nitrogens with zero attached hydrogens (tertiary/aromatic N) is 2. The third-order valence-electron chi connectivity index (χ3n) is 5.06. The third kappa shape index (κ3) is 7.32. The van der Waals surface area contributed by atoms with E-state index in [2.05, 4.69) is 15.1 Å². The van der Waals surface area contributed by atoms with Gasteiger partial charge < -0.3 is 24.5 Å². The molecule has 0 saturated carbocycles. The van der Waals surface area contributed by atoms with E-state index in [1.165, 1.54) is 19.4 Å². The van der Waals surface area contributed by atoms with Gasteiger partial charge in [-0.15, -0.1) is 0 Å². The zero-order chi connectivity index (χ0) is 19.5. The van der Waals surface area contributed by atoms with E-state index in [1.807, 2.05) is 13.0 Å². The van der Waals surface area contributed by atoms with Crippen molar-refractivity contribution in [3.05, 3.63) is 23.7 Å². The molecule has 2 fully saturated rings. The van der Waals surface area contributed by atoms with Crippen LogP contribution >= 0.6 is 0 Å². The molecule has 0 bridgehead atoms. The smallest absolute Gasteiger partial charge is 0.290 e. The Morgan fingerprint density at radius 2 is 2.00 bits per heavy atom. The molecular formula is C19H31N3O5. The van der Waals surface area contributed by atoms with E-state index in [-0.39, 0.29) is 12.4 Å². The van der Waals surface area contributed by atoms with Gasteiger partial charge in [0, 0.05) is 44.8 Å². The first-order chi connectivity index (χ1) is 13.1. The van der Waals surface area contributed by atoms with Gasteiger partial charge in [-0.25, -0.2) is 0 Å². The number of piperidine rings is 1. The van der Waals surface area contributed by atoms with Crippen molar-refractivity contribution < 1.29 is 23.8 Å². The number of likely N-dealkylation sites (tertiary alicyclic amines) is 1. The monoisotopic (exact) mass is 381 g/mol. The van der Waals surface area contributed by atoms with Crippen LogP contribution in [0.25, 0.3) is 0 Å². The van der Waals surface area contributed by atoms with Crippen LogP contribution in [0, 0.1) is 12.8 Å². The molecule has 8 heteroatoms. The molecule has 1 aromatic heterocycles. The average Bonchev–Trinajstić information content (AvgIpc) is 3.12. The highest BCUT2D eigenvalue weighted by molar-refractivity contribution is 5.92. The van der Waals surface area contributed by atoms with Crippen LogP contribution in [0.5, 0.6) is 0 Å². The van der Waals surface area contributed by atoms with E-state index in [0.29, 0.717) is 11.7 Å². The molecule has 0 radical (unpaired) electrons. The molecule has 1 atom stereocenters. The molecule has 2 aliphatic rings. The zero-order valence-electron chi connectivity index (χ0n) is 16.1. The Morgan fingerprint density at radius 1 is 1.30 bits per heavy atom. The van der Waals surface area contributed by atoms with E-state index >= 15 is 0 Å². The number of hydrogen-bond acceptors (Lipinski definition) is 6. The summed E-state index contributed by atoms with van der Waals surface area (Å²) in [5, 5.41) is 9.92. The van der Waals surface area contributed by atoms with E-state index in [4.69, 9.17) is 19.1 Å². The highest BCUT2D eigenvalue weighted by Crippen LogP contribution is 2.16. The molecule has 2 aliphatic heterocycles. The molecule has 0 aliphatic carbocycles. The van der Waals surface area contributed by atoms with E-state index in [0.717, 1.165) is 58.0 Å². The van der Waals surface area contributed by atoms with Gasteiger partial charge >= 0.3 is 0 Å². The van der Waals surface area contributed by atoms with E-state index in [1.54, 1.807) is 6.26 Å². The fourth-order valence-electron chi connectivity index (χ4n) is 3.55. The number of hydrogen-bond donors (Lipinski definition) is 2. The first-order valence-electron chi connectivity index (χ1n) is 9.56. The lowest BCUT2D eigenvalue weighted by Crippen LogP contribution is -2.45. The van der Waals surface area contributed by atoms with Crippen LogP contribution in [0.4, 0.5) is 0 Å². The summed E-state index contributed by atoms with van der Waals surface area (Å²) in [7, 11) is 0. The van der Waals surface area contributed by atoms with E-state index in [9.17, 15) is 4.79 Å². The molecule has 0 spiro atoms. The number of carboxylic acid groups (broad SMARTS) is 1. The van der Waals surface area contributed by atoms with Gasteiger partial charge in [-0.1, -0.05) is 0 Å². The quantitative estimate of drug-likeness (QED) is 0.712. The summed E-state index contributed by atoms with van der Waals surface area (Å²) in [5.74, 6) is 0.876. The highest BCUT2D eigenvalue weighted by Gasteiger charge is 2.22. The molecule has 152 valence electrons. The molecule has 1 amide bonds. The molecule has 2 saturated heterocycles. The maximum absolute atomic E-state index is 12.1. The van der Waals surface area contributed by atoms with Crippen LogP contribution < -0.4 is 5.32 Å². The van der Waals surface area contributed by atoms with Crippen molar-refractivity contribution in [2.75, 3.05) is 59.0 Å². The van der Waals surface area contributed by atoms with Gasteiger partial charge in [0.25, 0.3) is 12.4 Å². The van der Waals surface area contributed by atoms with Gasteiger partial charge in [0.15, 0.2) is 5.76 Å². The van der Waals surface area contributed by atoms with Gasteiger partial charge in [0.1, 0.15) is 0 Å². The van der Waals surface area contributed by atoms with Crippen LogP contribution in [-0.4, -0.2) is 86.3 Å². The molecule has 3 rings (SSSR count). The Kier molecular flexibility index (Phi) is 9.30. The number of morpholine rings is 1. The Hall–Kier alpha value is -1.90. The lowest BCUT2D eigenvalue weighted by atomic mass is 9.98. The highest BCUT2D eigenvalue weighted by atomic mass is 16.5. The van der Waals surface area contributed by atoms with Gasteiger partial charge in [-0.05, 0) is 38.3 Å². The lowest BCUT2D eigenvalue weighted by molar-refractivity contribution is -0.122. The van der Waals surface area contributed by atoms with Gasteiger partial charge in [-0.3, -0.25) is 14.5 Å². The van der Waals surface area contributed by atoms with Crippen LogP contribution in [-0.2, 0) is 9.53 Å². The molecule has 0 aromatic carbocycles. The maximum atomic E-state index is 12.1. The van der Waals surface area contributed by atoms with Gasteiger partial charge in [0.05, 0.1) is 19.5 Å². The number of amides is 1. The van der Waals surface area contributed by atoms with Crippen LogP contribution in [0.3, 0.4) is 0 Å². The summed E-state index contributed by atoms with van der Waals surface area (Å²) in [6.07, 6.45) is 3.97. The Balaban J connectivity index is 0.000000817. The molecule has 27 heavy (non-hydrogen) atoms. The molecule has 8 nitrogen and oxygen atoms in total. The Bertz CT molecular complexity index is 571.